The maximum Gasteiger partial charge on any atom is 0.171 e. The predicted molar refractivity (Wildman–Crippen MR) is 119 cm³/mol. The van der Waals surface area contributed by atoms with Gasteiger partial charge in [0.05, 0.1) is 18.8 Å². The minimum Gasteiger partial charge on any atom is -0.387 e. The van der Waals surface area contributed by atoms with E-state index in [1.807, 2.05) is 11.7 Å². The van der Waals surface area contributed by atoms with Crippen LogP contribution in [-0.2, 0) is 11.3 Å². The molecule has 0 radical (unpaired) electrons. The second-order valence-corrected chi connectivity index (χ2v) is 11.9. The van der Waals surface area contributed by atoms with E-state index in [0.29, 0.717) is 23.9 Å². The fraction of sp³-hybridized carbons (Fsp3) is 0.960. The minimum atomic E-state index is -0.576. The van der Waals surface area contributed by atoms with E-state index >= 15 is 0 Å². The van der Waals surface area contributed by atoms with E-state index in [1.54, 1.807) is 7.11 Å². The highest BCUT2D eigenvalue weighted by molar-refractivity contribution is 5.07. The number of methoxy groups -OCH3 is 1. The summed E-state index contributed by atoms with van der Waals surface area (Å²) in [6, 6.07) is 0. The minimum absolute atomic E-state index is 0.467. The standard InChI is InChI=1S/C25H42N4O2/c1-16(14-29-27-17(2)26-28-29)22-7-8-23-21-6-5-18-13-25(30,15-31-4)12-10-19(18)20(21)9-11-24(22,23)3/h16,18-23,30H,5-15H2,1-4H3/t16-,18-,19+,20-,21-,22-,23+,24-,25-/m1/s1. The Morgan fingerprint density at radius 3 is 2.65 bits per heavy atom. The van der Waals surface area contributed by atoms with Crippen molar-refractivity contribution in [3.05, 3.63) is 5.82 Å². The van der Waals surface area contributed by atoms with Gasteiger partial charge in [0.1, 0.15) is 0 Å². The number of tetrazole rings is 1. The molecule has 1 heterocycles. The Morgan fingerprint density at radius 1 is 1.10 bits per heavy atom. The number of rotatable bonds is 5. The number of aromatic nitrogens is 4. The van der Waals surface area contributed by atoms with Crippen molar-refractivity contribution in [1.82, 2.24) is 20.2 Å². The molecule has 0 spiro atoms. The molecule has 9 atom stereocenters. The van der Waals surface area contributed by atoms with Gasteiger partial charge in [-0.15, -0.1) is 10.2 Å². The van der Waals surface area contributed by atoms with Crippen LogP contribution >= 0.6 is 0 Å². The quantitative estimate of drug-likeness (QED) is 0.755. The molecular weight excluding hydrogens is 388 g/mol. The summed E-state index contributed by atoms with van der Waals surface area (Å²) in [5.74, 6) is 6.33. The Morgan fingerprint density at radius 2 is 1.90 bits per heavy atom. The molecule has 4 saturated carbocycles. The molecule has 0 unspecified atom stereocenters. The zero-order chi connectivity index (χ0) is 21.8. The maximum absolute atomic E-state index is 11.0. The van der Waals surface area contributed by atoms with Crippen molar-refractivity contribution in [2.75, 3.05) is 13.7 Å². The fourth-order valence-electron chi connectivity index (χ4n) is 9.12. The number of nitrogens with zero attached hydrogens (tertiary/aromatic N) is 4. The lowest BCUT2D eigenvalue weighted by Gasteiger charge is -2.57. The maximum atomic E-state index is 11.0. The summed E-state index contributed by atoms with van der Waals surface area (Å²) >= 11 is 0. The van der Waals surface area contributed by atoms with E-state index in [-0.39, 0.29) is 0 Å². The van der Waals surface area contributed by atoms with Crippen LogP contribution in [0.25, 0.3) is 0 Å². The van der Waals surface area contributed by atoms with Crippen molar-refractivity contribution in [1.29, 1.82) is 0 Å². The zero-order valence-corrected chi connectivity index (χ0v) is 20.0. The number of hydrogen-bond acceptors (Lipinski definition) is 5. The van der Waals surface area contributed by atoms with Crippen molar-refractivity contribution >= 4 is 0 Å². The van der Waals surface area contributed by atoms with Crippen LogP contribution in [-0.4, -0.2) is 44.6 Å². The molecule has 6 nitrogen and oxygen atoms in total. The number of fused-ring (bicyclic) bond motifs is 5. The first kappa shape index (κ1) is 21.8. The smallest absolute Gasteiger partial charge is 0.171 e. The van der Waals surface area contributed by atoms with Gasteiger partial charge in [-0.05, 0) is 117 Å². The highest BCUT2D eigenvalue weighted by atomic mass is 16.5. The van der Waals surface area contributed by atoms with Gasteiger partial charge in [-0.25, -0.2) is 0 Å². The third-order valence-corrected chi connectivity index (χ3v) is 10.3. The molecule has 4 aliphatic rings. The first-order valence-electron chi connectivity index (χ1n) is 12.8. The summed E-state index contributed by atoms with van der Waals surface area (Å²) in [4.78, 5) is 1.82. The topological polar surface area (TPSA) is 73.1 Å². The number of aliphatic hydroxyl groups is 1. The van der Waals surface area contributed by atoms with Gasteiger partial charge in [0.2, 0.25) is 0 Å². The number of aryl methyl sites for hydroxylation is 1. The molecule has 31 heavy (non-hydrogen) atoms. The van der Waals surface area contributed by atoms with Crippen LogP contribution in [0, 0.1) is 53.8 Å². The van der Waals surface area contributed by atoms with Crippen molar-refractivity contribution in [2.24, 2.45) is 46.8 Å². The molecule has 0 saturated heterocycles. The van der Waals surface area contributed by atoms with Gasteiger partial charge < -0.3 is 9.84 Å². The summed E-state index contributed by atoms with van der Waals surface area (Å²) in [6.45, 7) is 8.35. The van der Waals surface area contributed by atoms with Crippen LogP contribution in [0.5, 0.6) is 0 Å². The Kier molecular flexibility index (Phi) is 5.69. The summed E-state index contributed by atoms with van der Waals surface area (Å²) in [7, 11) is 1.72. The molecule has 0 aliphatic heterocycles. The summed E-state index contributed by atoms with van der Waals surface area (Å²) in [5.41, 5.74) is -0.109. The first-order chi connectivity index (χ1) is 14.8. The fourth-order valence-corrected chi connectivity index (χ4v) is 9.12. The van der Waals surface area contributed by atoms with E-state index in [4.69, 9.17) is 4.74 Å². The van der Waals surface area contributed by atoms with Gasteiger partial charge in [-0.3, -0.25) is 0 Å². The van der Waals surface area contributed by atoms with Gasteiger partial charge in [0, 0.05) is 7.11 Å². The molecule has 0 amide bonds. The van der Waals surface area contributed by atoms with Crippen molar-refractivity contribution in [3.8, 4) is 0 Å². The molecule has 174 valence electrons. The summed E-state index contributed by atoms with van der Waals surface area (Å²) in [5, 5.41) is 23.7. The van der Waals surface area contributed by atoms with Crippen LogP contribution < -0.4 is 0 Å². The predicted octanol–water partition coefficient (Wildman–Crippen LogP) is 4.26. The average molecular weight is 431 g/mol. The largest absolute Gasteiger partial charge is 0.387 e. The molecule has 0 bridgehead atoms. The van der Waals surface area contributed by atoms with E-state index in [9.17, 15) is 5.11 Å². The van der Waals surface area contributed by atoms with Crippen molar-refractivity contribution in [2.45, 2.75) is 90.7 Å². The Hall–Kier alpha value is -1.01. The van der Waals surface area contributed by atoms with E-state index in [2.05, 4.69) is 29.3 Å². The van der Waals surface area contributed by atoms with Gasteiger partial charge >= 0.3 is 0 Å². The first-order valence-corrected chi connectivity index (χ1v) is 12.8. The van der Waals surface area contributed by atoms with Crippen LogP contribution in [0.1, 0.15) is 77.5 Å². The van der Waals surface area contributed by atoms with Gasteiger partial charge in [0.15, 0.2) is 5.82 Å². The van der Waals surface area contributed by atoms with Gasteiger partial charge in [-0.2, -0.15) is 4.80 Å². The van der Waals surface area contributed by atoms with Crippen LogP contribution in [0.15, 0.2) is 0 Å². The second-order valence-electron chi connectivity index (χ2n) is 11.9. The molecule has 1 N–H and O–H groups in total. The molecule has 1 aromatic rings. The van der Waals surface area contributed by atoms with Gasteiger partial charge in [0.25, 0.3) is 0 Å². The summed E-state index contributed by atoms with van der Waals surface area (Å²) in [6.07, 6.45) is 11.3. The molecule has 0 aromatic carbocycles. The molecule has 4 aliphatic carbocycles. The van der Waals surface area contributed by atoms with E-state index in [0.717, 1.165) is 54.8 Å². The zero-order valence-electron chi connectivity index (χ0n) is 20.0. The number of hydrogen-bond donors (Lipinski definition) is 1. The van der Waals surface area contributed by atoms with Crippen molar-refractivity contribution < 1.29 is 9.84 Å². The van der Waals surface area contributed by atoms with Gasteiger partial charge in [-0.1, -0.05) is 13.8 Å². The molecular formula is C25H42N4O2. The van der Waals surface area contributed by atoms with Crippen molar-refractivity contribution in [3.63, 3.8) is 0 Å². The van der Waals surface area contributed by atoms with E-state index < -0.39 is 5.60 Å². The lowest BCUT2D eigenvalue weighted by atomic mass is 9.48. The monoisotopic (exact) mass is 430 g/mol. The molecule has 5 rings (SSSR count). The van der Waals surface area contributed by atoms with E-state index in [1.165, 1.54) is 44.9 Å². The molecule has 6 heteroatoms. The van der Waals surface area contributed by atoms with Crippen LogP contribution in [0.3, 0.4) is 0 Å². The molecule has 4 fully saturated rings. The highest BCUT2D eigenvalue weighted by Crippen LogP contribution is 2.65. The van der Waals surface area contributed by atoms with Crippen LogP contribution in [0.2, 0.25) is 0 Å². The highest BCUT2D eigenvalue weighted by Gasteiger charge is 2.58. The Balaban J connectivity index is 1.28. The second kappa shape index (κ2) is 8.09. The number of ether oxygens (including phenoxy) is 1. The third kappa shape index (κ3) is 3.76. The normalized spacial score (nSPS) is 45.6. The average Bonchev–Trinajstić information content (AvgIpc) is 3.29. The van der Waals surface area contributed by atoms with Crippen LogP contribution in [0.4, 0.5) is 0 Å². The summed E-state index contributed by atoms with van der Waals surface area (Å²) < 4.78 is 5.35. The molecule has 1 aromatic heterocycles. The lowest BCUT2D eigenvalue weighted by Crippen LogP contribution is -2.52. The third-order valence-electron chi connectivity index (χ3n) is 10.3. The lowest BCUT2D eigenvalue weighted by molar-refractivity contribution is -0.126. The SMILES string of the molecule is COC[C@@]1(O)CC[C@H]2[C@H](CC[C@@H]3[C@@H]2CC[C@]2(C)[C@@H]([C@H](C)Cn4nnc(C)n4)CC[C@@H]32)C1. The Labute approximate surface area is 187 Å². The Bertz CT molecular complexity index is 783.